The van der Waals surface area contributed by atoms with Crippen molar-refractivity contribution in [3.05, 3.63) is 24.3 Å². The molecule has 0 unspecified atom stereocenters. The maximum absolute atomic E-state index is 12.0. The molecule has 5 nitrogen and oxygen atoms in total. The summed E-state index contributed by atoms with van der Waals surface area (Å²) in [6.45, 7) is 6.10. The fraction of sp³-hybridized carbons (Fsp3) is 0.562. The van der Waals surface area contributed by atoms with Crippen LogP contribution in [0, 0.1) is 0 Å². The van der Waals surface area contributed by atoms with Crippen molar-refractivity contribution in [2.24, 2.45) is 0 Å². The van der Waals surface area contributed by atoms with Gasteiger partial charge in [0, 0.05) is 50.6 Å². The number of carbonyl (C=O) groups excluding carboxylic acids is 1. The van der Waals surface area contributed by atoms with Gasteiger partial charge < -0.3 is 20.0 Å². The molecule has 1 aromatic carbocycles. The van der Waals surface area contributed by atoms with Crippen LogP contribution >= 0.6 is 0 Å². The summed E-state index contributed by atoms with van der Waals surface area (Å²) in [4.78, 5) is 18.7. The van der Waals surface area contributed by atoms with E-state index in [0.29, 0.717) is 0 Å². The van der Waals surface area contributed by atoms with Crippen LogP contribution in [0.25, 0.3) is 0 Å². The molecule has 21 heavy (non-hydrogen) atoms. The summed E-state index contributed by atoms with van der Waals surface area (Å²) in [5.41, 5.74) is 2.12. The summed E-state index contributed by atoms with van der Waals surface area (Å²) < 4.78 is 0. The number of anilines is 2. The number of hydrogen-bond donors (Lipinski definition) is 1. The van der Waals surface area contributed by atoms with E-state index in [4.69, 9.17) is 0 Å². The van der Waals surface area contributed by atoms with Gasteiger partial charge in [-0.3, -0.25) is 0 Å². The Morgan fingerprint density at radius 3 is 2.19 bits per heavy atom. The normalized spacial score (nSPS) is 19.9. The fourth-order valence-electron chi connectivity index (χ4n) is 2.94. The number of hydrogen-bond acceptors (Lipinski definition) is 3. The molecule has 2 saturated heterocycles. The van der Waals surface area contributed by atoms with Gasteiger partial charge >= 0.3 is 6.03 Å². The lowest BCUT2D eigenvalue weighted by Crippen LogP contribution is -2.44. The molecule has 2 fully saturated rings. The van der Waals surface area contributed by atoms with E-state index in [2.05, 4.69) is 34.3 Å². The summed E-state index contributed by atoms with van der Waals surface area (Å²) in [7, 11) is 2.16. The third-order valence-electron chi connectivity index (χ3n) is 4.38. The predicted octanol–water partition coefficient (Wildman–Crippen LogP) is 2.07. The Bertz CT molecular complexity index is 474. The first-order chi connectivity index (χ1) is 10.2. The SMILES string of the molecule is CN1CCN(c2ccc(NC(=O)N3CCCC3)cc2)CC1. The van der Waals surface area contributed by atoms with Crippen molar-refractivity contribution in [2.75, 3.05) is 56.5 Å². The van der Waals surface area contributed by atoms with Crippen molar-refractivity contribution in [1.82, 2.24) is 9.80 Å². The monoisotopic (exact) mass is 288 g/mol. The molecule has 2 heterocycles. The van der Waals surface area contributed by atoms with Crippen LogP contribution in [0.1, 0.15) is 12.8 Å². The van der Waals surface area contributed by atoms with Crippen LogP contribution in [-0.2, 0) is 0 Å². The van der Waals surface area contributed by atoms with E-state index in [1.807, 2.05) is 17.0 Å². The van der Waals surface area contributed by atoms with Crippen LogP contribution in [0.5, 0.6) is 0 Å². The third kappa shape index (κ3) is 3.47. The van der Waals surface area contributed by atoms with E-state index in [1.54, 1.807) is 0 Å². The Morgan fingerprint density at radius 2 is 1.57 bits per heavy atom. The van der Waals surface area contributed by atoms with Crippen LogP contribution in [0.3, 0.4) is 0 Å². The van der Waals surface area contributed by atoms with E-state index >= 15 is 0 Å². The number of likely N-dealkylation sites (N-methyl/N-ethyl adjacent to an activating group) is 1. The van der Waals surface area contributed by atoms with E-state index in [9.17, 15) is 4.79 Å². The molecule has 0 bridgehead atoms. The molecule has 5 heteroatoms. The summed E-state index contributed by atoms with van der Waals surface area (Å²) >= 11 is 0. The zero-order valence-electron chi connectivity index (χ0n) is 12.7. The Morgan fingerprint density at radius 1 is 0.952 bits per heavy atom. The van der Waals surface area contributed by atoms with E-state index < -0.39 is 0 Å². The zero-order valence-corrected chi connectivity index (χ0v) is 12.7. The summed E-state index contributed by atoms with van der Waals surface area (Å²) in [6, 6.07) is 8.24. The first-order valence-electron chi connectivity index (χ1n) is 7.82. The van der Waals surface area contributed by atoms with Crippen molar-refractivity contribution in [3.8, 4) is 0 Å². The van der Waals surface area contributed by atoms with Gasteiger partial charge in [-0.1, -0.05) is 0 Å². The molecule has 0 radical (unpaired) electrons. The minimum atomic E-state index is 0.0276. The molecule has 0 spiro atoms. The molecule has 114 valence electrons. The molecule has 3 rings (SSSR count). The number of benzene rings is 1. The van der Waals surface area contributed by atoms with Crippen molar-refractivity contribution < 1.29 is 4.79 Å². The van der Waals surface area contributed by atoms with Crippen molar-refractivity contribution in [2.45, 2.75) is 12.8 Å². The standard InChI is InChI=1S/C16H24N4O/c1-18-10-12-19(13-11-18)15-6-4-14(5-7-15)17-16(21)20-8-2-3-9-20/h4-7H,2-3,8-13H2,1H3,(H,17,21). The largest absolute Gasteiger partial charge is 0.369 e. The van der Waals surface area contributed by atoms with Gasteiger partial charge in [0.25, 0.3) is 0 Å². The smallest absolute Gasteiger partial charge is 0.321 e. The first-order valence-corrected chi connectivity index (χ1v) is 7.82. The highest BCUT2D eigenvalue weighted by molar-refractivity contribution is 5.89. The highest BCUT2D eigenvalue weighted by atomic mass is 16.2. The first kappa shape index (κ1) is 14.2. The number of nitrogens with one attached hydrogen (secondary N) is 1. The van der Waals surface area contributed by atoms with E-state index in [-0.39, 0.29) is 6.03 Å². The van der Waals surface area contributed by atoms with Crippen molar-refractivity contribution in [3.63, 3.8) is 0 Å². The van der Waals surface area contributed by atoms with Crippen LogP contribution in [0.4, 0.5) is 16.2 Å². The molecule has 2 aliphatic heterocycles. The highest BCUT2D eigenvalue weighted by Gasteiger charge is 2.18. The topological polar surface area (TPSA) is 38.8 Å². The minimum Gasteiger partial charge on any atom is -0.369 e. The molecule has 1 N–H and O–H groups in total. The van der Waals surface area contributed by atoms with Gasteiger partial charge in [0.1, 0.15) is 0 Å². The predicted molar refractivity (Wildman–Crippen MR) is 86.0 cm³/mol. The number of likely N-dealkylation sites (tertiary alicyclic amines) is 1. The average molecular weight is 288 g/mol. The maximum Gasteiger partial charge on any atom is 0.321 e. The average Bonchev–Trinajstić information content (AvgIpc) is 3.03. The van der Waals surface area contributed by atoms with Gasteiger partial charge in [0.2, 0.25) is 0 Å². The second kappa shape index (κ2) is 6.35. The minimum absolute atomic E-state index is 0.0276. The lowest BCUT2D eigenvalue weighted by Gasteiger charge is -2.34. The van der Waals surface area contributed by atoms with Crippen molar-refractivity contribution >= 4 is 17.4 Å². The Balaban J connectivity index is 1.57. The number of piperazine rings is 1. The Labute approximate surface area is 126 Å². The quantitative estimate of drug-likeness (QED) is 0.905. The van der Waals surface area contributed by atoms with Crippen LogP contribution < -0.4 is 10.2 Å². The van der Waals surface area contributed by atoms with Gasteiger partial charge in [-0.15, -0.1) is 0 Å². The van der Waals surface area contributed by atoms with Gasteiger partial charge in [0.05, 0.1) is 0 Å². The molecular weight excluding hydrogens is 264 g/mol. The second-order valence-corrected chi connectivity index (χ2v) is 5.96. The Kier molecular flexibility index (Phi) is 4.29. The Hall–Kier alpha value is -1.75. The summed E-state index contributed by atoms with van der Waals surface area (Å²) in [6.07, 6.45) is 2.24. The number of amides is 2. The van der Waals surface area contributed by atoms with Gasteiger partial charge in [0.15, 0.2) is 0 Å². The lowest BCUT2D eigenvalue weighted by atomic mass is 10.2. The molecule has 0 atom stereocenters. The molecule has 1 aromatic rings. The molecule has 0 aromatic heterocycles. The molecular formula is C16H24N4O. The van der Waals surface area contributed by atoms with Crippen LogP contribution in [0.2, 0.25) is 0 Å². The second-order valence-electron chi connectivity index (χ2n) is 5.96. The lowest BCUT2D eigenvalue weighted by molar-refractivity contribution is 0.222. The molecule has 0 saturated carbocycles. The van der Waals surface area contributed by atoms with Gasteiger partial charge in [-0.05, 0) is 44.2 Å². The molecule has 0 aliphatic carbocycles. The zero-order chi connectivity index (χ0) is 14.7. The van der Waals surface area contributed by atoms with Crippen molar-refractivity contribution in [1.29, 1.82) is 0 Å². The number of nitrogens with zero attached hydrogens (tertiary/aromatic N) is 3. The summed E-state index contributed by atoms with van der Waals surface area (Å²) in [5, 5.41) is 2.98. The van der Waals surface area contributed by atoms with Crippen LogP contribution in [0.15, 0.2) is 24.3 Å². The van der Waals surface area contributed by atoms with Crippen LogP contribution in [-0.4, -0.2) is 62.1 Å². The maximum atomic E-state index is 12.0. The fourth-order valence-corrected chi connectivity index (χ4v) is 2.94. The number of rotatable bonds is 2. The highest BCUT2D eigenvalue weighted by Crippen LogP contribution is 2.20. The van der Waals surface area contributed by atoms with E-state index in [1.165, 1.54) is 5.69 Å². The van der Waals surface area contributed by atoms with Gasteiger partial charge in [-0.2, -0.15) is 0 Å². The van der Waals surface area contributed by atoms with Gasteiger partial charge in [-0.25, -0.2) is 4.79 Å². The number of urea groups is 1. The van der Waals surface area contributed by atoms with E-state index in [0.717, 1.165) is 57.8 Å². The third-order valence-corrected chi connectivity index (χ3v) is 4.38. The number of carbonyl (C=O) groups is 1. The molecule has 2 aliphatic rings. The molecule has 2 amide bonds. The summed E-state index contributed by atoms with van der Waals surface area (Å²) in [5.74, 6) is 0.